The van der Waals surface area contributed by atoms with Crippen LogP contribution in [0, 0.1) is 46.7 Å². The topological polar surface area (TPSA) is 163 Å². The summed E-state index contributed by atoms with van der Waals surface area (Å²) in [5.74, 6) is 0.506. The molecule has 0 bridgehead atoms. The minimum Gasteiger partial charge on any atom is -0.552 e. The number of hydrogen-bond donors (Lipinski definition) is 2. The van der Waals surface area contributed by atoms with Crippen molar-refractivity contribution in [2.75, 3.05) is 13.2 Å². The molecule has 3 aromatic rings. The first-order valence-corrected chi connectivity index (χ1v) is 17.6. The van der Waals surface area contributed by atoms with Gasteiger partial charge in [-0.1, -0.05) is 99.4 Å². The van der Waals surface area contributed by atoms with Crippen molar-refractivity contribution in [2.24, 2.45) is 9.98 Å². The second kappa shape index (κ2) is 31.5. The third kappa shape index (κ3) is 22.3. The Kier molecular flexibility index (Phi) is 33.3. The summed E-state index contributed by atoms with van der Waals surface area (Å²) < 4.78 is 39.6. The minimum absolute atomic E-state index is 0. The Morgan fingerprint density at radius 2 is 0.982 bits per heavy atom. The van der Waals surface area contributed by atoms with Crippen LogP contribution in [0.2, 0.25) is 0 Å². The van der Waals surface area contributed by atoms with Crippen LogP contribution < -0.4 is 0 Å². The van der Waals surface area contributed by atoms with Crippen LogP contribution >= 0.6 is 0 Å². The SMILES string of the molecule is Cc1cc(C=Nc2ccccc2N=Cc2cc(C(C)(C)C)cc(C(C)(C)C)c2O)c(O)c(C(C)(C)C)c1.[C-]#[O+].[C-]#[O+].[C-]#[O+].[C-]#[O+].[CH-]1CCCO1.[CH-]1CCCO1.[Co].[Cr]. The smallest absolute Gasteiger partial charge is 0.00878 e. The van der Waals surface area contributed by atoms with Gasteiger partial charge in [-0.2, -0.15) is 12.8 Å². The second-order valence-electron chi connectivity index (χ2n) is 15.3. The fourth-order valence-corrected chi connectivity index (χ4v) is 5.03. The Morgan fingerprint density at radius 3 is 1.28 bits per heavy atom. The molecule has 0 aromatic heterocycles. The predicted octanol–water partition coefficient (Wildman–Crippen LogP) is 10.6. The first-order chi connectivity index (χ1) is 26.0. The number of aliphatic imine (C=N–C) groups is 2. The number of phenolic OH excluding ortho intramolecular Hbond substituents is 2. The summed E-state index contributed by atoms with van der Waals surface area (Å²) in [4.78, 5) is 9.42. The van der Waals surface area contributed by atoms with Gasteiger partial charge in [-0.3, -0.25) is 9.98 Å². The molecule has 2 saturated heterocycles. The quantitative estimate of drug-likeness (QED) is 0.152. The van der Waals surface area contributed by atoms with Crippen LogP contribution in [0.25, 0.3) is 0 Å². The van der Waals surface area contributed by atoms with E-state index in [0.29, 0.717) is 22.5 Å². The number of ether oxygens (including phenoxy) is 2. The standard InChI is InChI=1S/C33H42N2O2.2C4H7O.4CO.Co.Cr/c1-21-15-22(29(36)25(16-21)32(5,6)7)19-34-27-13-11-12-14-28(27)35-20-23-17-24(31(2,3)4)18-26(30(23)37)33(8,9)10;2*1-2-4-5-3-1;4*1-2;;/h11-20,36-37H,1-10H3;2*3H,1-2,4H2;;;;;;/q;2*-1;;;;;;. The van der Waals surface area contributed by atoms with Gasteiger partial charge in [0.1, 0.15) is 11.5 Å². The van der Waals surface area contributed by atoms with E-state index in [-0.39, 0.29) is 61.9 Å². The molecule has 0 aliphatic carbocycles. The Morgan fingerprint density at radius 1 is 0.614 bits per heavy atom. The van der Waals surface area contributed by atoms with Gasteiger partial charge >= 0.3 is 45.2 Å². The molecule has 2 fully saturated rings. The van der Waals surface area contributed by atoms with E-state index in [0.717, 1.165) is 48.3 Å². The van der Waals surface area contributed by atoms with Crippen molar-refractivity contribution in [1.82, 2.24) is 0 Å². The number of phenols is 2. The van der Waals surface area contributed by atoms with Crippen molar-refractivity contribution in [3.8, 4) is 11.5 Å². The third-order valence-electron chi connectivity index (χ3n) is 7.88. The molecule has 12 heteroatoms. The number of aromatic hydroxyl groups is 2. The average Bonchev–Trinajstić information content (AvgIpc) is 3.95. The summed E-state index contributed by atoms with van der Waals surface area (Å²) >= 11 is 0. The molecule has 0 atom stereocenters. The molecular formula is C45H56CoCrN2O8-2. The Bertz CT molecular complexity index is 1670. The normalized spacial score (nSPS) is 12.9. The van der Waals surface area contributed by atoms with Crippen LogP contribution in [-0.2, 0) is 78.5 Å². The molecule has 2 aliphatic rings. The number of para-hydroxylation sites is 2. The molecule has 2 heterocycles. The Labute approximate surface area is 362 Å². The second-order valence-corrected chi connectivity index (χ2v) is 15.3. The summed E-state index contributed by atoms with van der Waals surface area (Å²) in [6.07, 6.45) is 8.16. The van der Waals surface area contributed by atoms with Crippen molar-refractivity contribution in [3.05, 3.63) is 122 Å². The van der Waals surface area contributed by atoms with Gasteiger partial charge in [0, 0.05) is 82.0 Å². The summed E-state index contributed by atoms with van der Waals surface area (Å²) in [6.45, 7) is 44.7. The Hall–Kier alpha value is -3.48. The number of nitrogens with zero attached hydrogens (tertiary/aromatic N) is 2. The first kappa shape index (κ1) is 60.2. The number of rotatable bonds is 4. The number of hydrogen-bond acceptors (Lipinski definition) is 6. The number of aryl methyl sites for hydroxylation is 1. The van der Waals surface area contributed by atoms with E-state index >= 15 is 0 Å². The summed E-state index contributed by atoms with van der Waals surface area (Å²) in [5.41, 5.74) is 6.26. The number of benzene rings is 3. The maximum absolute atomic E-state index is 11.1. The fraction of sp³-hybridized carbons (Fsp3) is 0.422. The van der Waals surface area contributed by atoms with Crippen LogP contribution in [0.1, 0.15) is 121 Å². The van der Waals surface area contributed by atoms with Crippen LogP contribution in [0.3, 0.4) is 0 Å². The van der Waals surface area contributed by atoms with E-state index in [2.05, 4.69) is 100.0 Å². The van der Waals surface area contributed by atoms with Crippen LogP contribution in [0.5, 0.6) is 11.5 Å². The van der Waals surface area contributed by atoms with Crippen molar-refractivity contribution in [2.45, 2.75) is 111 Å². The van der Waals surface area contributed by atoms with Gasteiger partial charge < -0.3 is 19.7 Å². The van der Waals surface area contributed by atoms with Crippen molar-refractivity contribution in [1.29, 1.82) is 0 Å². The van der Waals surface area contributed by atoms with Gasteiger partial charge in [0.15, 0.2) is 0 Å². The predicted molar refractivity (Wildman–Crippen MR) is 213 cm³/mol. The minimum atomic E-state index is -0.210. The van der Waals surface area contributed by atoms with E-state index in [4.69, 9.17) is 33.1 Å². The molecule has 0 spiro atoms. The maximum atomic E-state index is 11.1. The molecule has 0 saturated carbocycles. The van der Waals surface area contributed by atoms with Gasteiger partial charge in [0.2, 0.25) is 0 Å². The third-order valence-corrected chi connectivity index (χ3v) is 7.88. The van der Waals surface area contributed by atoms with E-state index in [1.54, 1.807) is 12.4 Å². The van der Waals surface area contributed by atoms with E-state index < -0.39 is 0 Å². The van der Waals surface area contributed by atoms with Gasteiger partial charge in [-0.15, -0.1) is 0 Å². The maximum Gasteiger partial charge on any atom is 0.00878 e. The van der Waals surface area contributed by atoms with Crippen LogP contribution in [0.4, 0.5) is 11.4 Å². The van der Waals surface area contributed by atoms with Crippen molar-refractivity contribution < 1.29 is 72.4 Å². The summed E-state index contributed by atoms with van der Waals surface area (Å²) in [6, 6.07) is 15.7. The molecule has 2 N–H and O–H groups in total. The van der Waals surface area contributed by atoms with Crippen LogP contribution in [0.15, 0.2) is 58.5 Å². The zero-order valence-corrected chi connectivity index (χ0v) is 37.0. The molecule has 10 nitrogen and oxygen atoms in total. The molecule has 0 amide bonds. The summed E-state index contributed by atoms with van der Waals surface area (Å²) in [5, 5.41) is 22.0. The molecule has 2 aliphatic heterocycles. The van der Waals surface area contributed by atoms with Gasteiger partial charge in [0.05, 0.1) is 11.4 Å². The molecule has 1 radical (unpaired) electrons. The largest absolute Gasteiger partial charge is 0.552 e. The summed E-state index contributed by atoms with van der Waals surface area (Å²) in [7, 11) is 0. The van der Waals surface area contributed by atoms with Gasteiger partial charge in [-0.25, -0.2) is 13.2 Å². The molecule has 5 rings (SSSR count). The molecule has 3 aromatic carbocycles. The monoisotopic (exact) mass is 863 g/mol. The average molecular weight is 864 g/mol. The fourth-order valence-electron chi connectivity index (χ4n) is 5.03. The van der Waals surface area contributed by atoms with Gasteiger partial charge in [0.25, 0.3) is 0 Å². The van der Waals surface area contributed by atoms with Gasteiger partial charge in [-0.05, 0) is 58.6 Å². The van der Waals surface area contributed by atoms with Crippen LogP contribution in [-0.4, -0.2) is 35.9 Å². The zero-order chi connectivity index (χ0) is 42.8. The molecule has 311 valence electrons. The van der Waals surface area contributed by atoms with E-state index in [1.165, 1.54) is 12.8 Å². The van der Waals surface area contributed by atoms with E-state index in [9.17, 15) is 10.2 Å². The van der Waals surface area contributed by atoms with Crippen molar-refractivity contribution in [3.63, 3.8) is 0 Å². The molecule has 57 heavy (non-hydrogen) atoms. The zero-order valence-electron chi connectivity index (χ0n) is 34.7. The van der Waals surface area contributed by atoms with E-state index in [1.807, 2.05) is 62.6 Å². The van der Waals surface area contributed by atoms with Crippen molar-refractivity contribution >= 4 is 23.8 Å². The molecule has 0 unspecified atom stereocenters. The Balaban J connectivity index is -0.000000587. The first-order valence-electron chi connectivity index (χ1n) is 17.6. The molecular weight excluding hydrogens is 807 g/mol.